The summed E-state index contributed by atoms with van der Waals surface area (Å²) >= 11 is 1.41. The lowest BCUT2D eigenvalue weighted by Gasteiger charge is -2.15. The zero-order chi connectivity index (χ0) is 18.5. The van der Waals surface area contributed by atoms with Crippen molar-refractivity contribution in [2.24, 2.45) is 12.0 Å². The van der Waals surface area contributed by atoms with Crippen LogP contribution in [0.25, 0.3) is 6.08 Å². The molecule has 1 aromatic carbocycles. The first-order valence-corrected chi connectivity index (χ1v) is 9.47. The number of ether oxygens (including phenoxy) is 1. The molecule has 2 heterocycles. The van der Waals surface area contributed by atoms with Gasteiger partial charge in [0.25, 0.3) is 5.91 Å². The van der Waals surface area contributed by atoms with Crippen molar-refractivity contribution in [1.82, 2.24) is 9.47 Å². The van der Waals surface area contributed by atoms with Crippen LogP contribution in [-0.4, -0.2) is 40.3 Å². The van der Waals surface area contributed by atoms with Crippen LogP contribution < -0.4 is 0 Å². The quantitative estimate of drug-likeness (QED) is 0.572. The molecule has 1 amide bonds. The summed E-state index contributed by atoms with van der Waals surface area (Å²) < 4.78 is 7.50. The fourth-order valence-corrected chi connectivity index (χ4v) is 3.62. The van der Waals surface area contributed by atoms with Crippen molar-refractivity contribution < 1.29 is 9.53 Å². The maximum absolute atomic E-state index is 12.9. The van der Waals surface area contributed by atoms with Crippen LogP contribution in [0.4, 0.5) is 5.69 Å². The highest BCUT2D eigenvalue weighted by molar-refractivity contribution is 8.18. The molecular formula is C20H23N3O2S. The number of amides is 1. The van der Waals surface area contributed by atoms with Gasteiger partial charge in [0.1, 0.15) is 0 Å². The largest absolute Gasteiger partial charge is 0.380 e. The highest BCUT2D eigenvalue weighted by atomic mass is 32.2. The first-order valence-electron chi connectivity index (χ1n) is 8.65. The summed E-state index contributed by atoms with van der Waals surface area (Å²) in [6.07, 6.45) is 1.93. The van der Waals surface area contributed by atoms with E-state index in [4.69, 9.17) is 4.74 Å². The number of thioether (sulfide) groups is 1. The minimum Gasteiger partial charge on any atom is -0.380 e. The Labute approximate surface area is 158 Å². The summed E-state index contributed by atoms with van der Waals surface area (Å²) in [4.78, 5) is 20.0. The number of aliphatic imine (C=N–C) groups is 1. The summed E-state index contributed by atoms with van der Waals surface area (Å²) in [5, 5.41) is 0.693. The lowest BCUT2D eigenvalue weighted by atomic mass is 10.3. The number of carbonyl (C=O) groups excluding carboxylic acids is 1. The van der Waals surface area contributed by atoms with Gasteiger partial charge in [-0.3, -0.25) is 9.69 Å². The standard InChI is InChI=1S/C20H23N3O2S/c1-4-25-13-12-23-19(24)18(14-17-11-10-15(2)22(17)3)26-20(23)21-16-8-6-5-7-9-16/h5-11,14H,4,12-13H2,1-3H3/b18-14-,21-20?. The van der Waals surface area contributed by atoms with E-state index in [1.54, 1.807) is 4.90 Å². The zero-order valence-corrected chi connectivity index (χ0v) is 16.1. The first kappa shape index (κ1) is 18.5. The number of nitrogens with zero attached hydrogens (tertiary/aromatic N) is 3. The second kappa shape index (κ2) is 8.38. The molecule has 0 N–H and O–H groups in total. The highest BCUT2D eigenvalue weighted by Gasteiger charge is 2.33. The topological polar surface area (TPSA) is 46.8 Å². The van der Waals surface area contributed by atoms with Gasteiger partial charge in [-0.2, -0.15) is 0 Å². The summed E-state index contributed by atoms with van der Waals surface area (Å²) in [6.45, 7) is 5.61. The van der Waals surface area contributed by atoms with Crippen molar-refractivity contribution in [3.63, 3.8) is 0 Å². The Morgan fingerprint density at radius 3 is 2.62 bits per heavy atom. The van der Waals surface area contributed by atoms with Crippen molar-refractivity contribution in [2.75, 3.05) is 19.8 Å². The average molecular weight is 369 g/mol. The molecule has 0 bridgehead atoms. The third kappa shape index (κ3) is 4.08. The Kier molecular flexibility index (Phi) is 5.96. The van der Waals surface area contributed by atoms with Gasteiger partial charge in [0.05, 0.1) is 23.7 Å². The van der Waals surface area contributed by atoms with Crippen LogP contribution in [0.1, 0.15) is 18.3 Å². The number of aromatic nitrogens is 1. The van der Waals surface area contributed by atoms with E-state index in [9.17, 15) is 4.79 Å². The Morgan fingerprint density at radius 1 is 1.19 bits per heavy atom. The minimum absolute atomic E-state index is 0.0248. The average Bonchev–Trinajstić information content (AvgIpc) is 3.11. The fraction of sp³-hybridized carbons (Fsp3) is 0.300. The van der Waals surface area contributed by atoms with E-state index >= 15 is 0 Å². The predicted octanol–water partition coefficient (Wildman–Crippen LogP) is 3.97. The van der Waals surface area contributed by atoms with Gasteiger partial charge < -0.3 is 9.30 Å². The molecule has 1 aliphatic heterocycles. The lowest BCUT2D eigenvalue weighted by molar-refractivity contribution is -0.122. The zero-order valence-electron chi connectivity index (χ0n) is 15.3. The van der Waals surface area contributed by atoms with Crippen LogP contribution in [0, 0.1) is 6.92 Å². The number of hydrogen-bond donors (Lipinski definition) is 0. The number of benzene rings is 1. The third-order valence-electron chi connectivity index (χ3n) is 4.22. The monoisotopic (exact) mass is 369 g/mol. The Morgan fingerprint density at radius 2 is 1.96 bits per heavy atom. The van der Waals surface area contributed by atoms with Crippen LogP contribution in [0.5, 0.6) is 0 Å². The van der Waals surface area contributed by atoms with Gasteiger partial charge in [-0.25, -0.2) is 4.99 Å². The Bertz CT molecular complexity index is 840. The van der Waals surface area contributed by atoms with Crippen molar-refractivity contribution in [1.29, 1.82) is 0 Å². The van der Waals surface area contributed by atoms with Gasteiger partial charge >= 0.3 is 0 Å². The third-order valence-corrected chi connectivity index (χ3v) is 5.23. The molecule has 1 aromatic heterocycles. The number of hydrogen-bond acceptors (Lipinski definition) is 4. The molecule has 6 heteroatoms. The smallest absolute Gasteiger partial charge is 0.266 e. The molecule has 136 valence electrons. The summed E-state index contributed by atoms with van der Waals surface area (Å²) in [5.74, 6) is -0.0248. The first-order chi connectivity index (χ1) is 12.6. The van der Waals surface area contributed by atoms with Gasteiger partial charge in [-0.05, 0) is 56.0 Å². The molecule has 26 heavy (non-hydrogen) atoms. The number of aryl methyl sites for hydroxylation is 1. The van der Waals surface area contributed by atoms with Gasteiger partial charge in [0, 0.05) is 25.0 Å². The van der Waals surface area contributed by atoms with Crippen LogP contribution in [-0.2, 0) is 16.6 Å². The predicted molar refractivity (Wildman–Crippen MR) is 107 cm³/mol. The molecule has 3 rings (SSSR count). The molecule has 1 saturated heterocycles. The van der Waals surface area contributed by atoms with E-state index in [1.165, 1.54) is 11.8 Å². The van der Waals surface area contributed by atoms with E-state index in [2.05, 4.69) is 9.56 Å². The van der Waals surface area contributed by atoms with Crippen molar-refractivity contribution in [3.05, 3.63) is 58.8 Å². The second-order valence-electron chi connectivity index (χ2n) is 5.95. The van der Waals surface area contributed by atoms with Crippen LogP contribution in [0.2, 0.25) is 0 Å². The van der Waals surface area contributed by atoms with Gasteiger partial charge in [-0.1, -0.05) is 18.2 Å². The van der Waals surface area contributed by atoms with Crippen LogP contribution in [0.3, 0.4) is 0 Å². The van der Waals surface area contributed by atoms with Crippen LogP contribution >= 0.6 is 11.8 Å². The second-order valence-corrected chi connectivity index (χ2v) is 6.96. The van der Waals surface area contributed by atoms with Gasteiger partial charge in [0.15, 0.2) is 5.17 Å². The number of para-hydroxylation sites is 1. The number of carbonyl (C=O) groups is 1. The number of amidine groups is 1. The summed E-state index contributed by atoms with van der Waals surface area (Å²) in [7, 11) is 2.00. The molecule has 0 radical (unpaired) electrons. The lowest BCUT2D eigenvalue weighted by Crippen LogP contribution is -2.32. The molecule has 0 aliphatic carbocycles. The molecule has 5 nitrogen and oxygen atoms in total. The summed E-state index contributed by atoms with van der Waals surface area (Å²) in [6, 6.07) is 13.8. The molecule has 1 fully saturated rings. The highest BCUT2D eigenvalue weighted by Crippen LogP contribution is 2.34. The van der Waals surface area contributed by atoms with E-state index in [1.807, 2.05) is 69.4 Å². The minimum atomic E-state index is -0.0248. The van der Waals surface area contributed by atoms with E-state index in [0.29, 0.717) is 29.8 Å². The van der Waals surface area contributed by atoms with Crippen LogP contribution in [0.15, 0.2) is 52.4 Å². The molecule has 0 saturated carbocycles. The number of rotatable bonds is 6. The fourth-order valence-electron chi connectivity index (χ4n) is 2.61. The van der Waals surface area contributed by atoms with Crippen molar-refractivity contribution in [2.45, 2.75) is 13.8 Å². The SMILES string of the molecule is CCOCCN1C(=O)/C(=C/c2ccc(C)n2C)SC1=Nc1ccccc1. The van der Waals surface area contributed by atoms with E-state index in [0.717, 1.165) is 17.1 Å². The maximum atomic E-state index is 12.9. The summed E-state index contributed by atoms with van der Waals surface area (Å²) in [5.41, 5.74) is 2.99. The molecular weight excluding hydrogens is 346 g/mol. The van der Waals surface area contributed by atoms with Crippen molar-refractivity contribution >= 4 is 34.6 Å². The van der Waals surface area contributed by atoms with E-state index < -0.39 is 0 Å². The Hall–Kier alpha value is -2.31. The molecule has 0 unspecified atom stereocenters. The molecule has 0 atom stereocenters. The van der Waals surface area contributed by atoms with Crippen molar-refractivity contribution in [3.8, 4) is 0 Å². The molecule has 1 aliphatic rings. The van der Waals surface area contributed by atoms with Gasteiger partial charge in [-0.15, -0.1) is 0 Å². The molecule has 2 aromatic rings. The Balaban J connectivity index is 1.90. The van der Waals surface area contributed by atoms with E-state index in [-0.39, 0.29) is 5.91 Å². The molecule has 0 spiro atoms. The van der Waals surface area contributed by atoms with Gasteiger partial charge in [0.2, 0.25) is 0 Å². The maximum Gasteiger partial charge on any atom is 0.266 e. The normalized spacial score (nSPS) is 17.7.